The van der Waals surface area contributed by atoms with Crippen molar-refractivity contribution in [3.8, 4) is 28.6 Å². The first-order valence-electron chi connectivity index (χ1n) is 10.3. The van der Waals surface area contributed by atoms with Crippen LogP contribution in [0.1, 0.15) is 26.0 Å². The summed E-state index contributed by atoms with van der Waals surface area (Å²) in [6, 6.07) is 13.8. The Bertz CT molecular complexity index is 1300. The lowest BCUT2D eigenvalue weighted by Crippen LogP contribution is -2.22. The third-order valence-electron chi connectivity index (χ3n) is 4.92. The van der Waals surface area contributed by atoms with Gasteiger partial charge in [-0.3, -0.25) is 0 Å². The van der Waals surface area contributed by atoms with E-state index in [0.717, 1.165) is 17.7 Å². The molecule has 0 unspecified atom stereocenters. The maximum atomic E-state index is 11.2. The number of rotatable bonds is 8. The van der Waals surface area contributed by atoms with Crippen molar-refractivity contribution in [2.24, 2.45) is 0 Å². The number of aliphatic carboxylic acids is 1. The van der Waals surface area contributed by atoms with Crippen LogP contribution in [0.4, 0.5) is 0 Å². The predicted molar refractivity (Wildman–Crippen MR) is 125 cm³/mol. The Kier molecular flexibility index (Phi) is 6.72. The third-order valence-corrected chi connectivity index (χ3v) is 5.55. The summed E-state index contributed by atoms with van der Waals surface area (Å²) < 4.78 is 16.9. The van der Waals surface area contributed by atoms with Gasteiger partial charge in [0.25, 0.3) is 0 Å². The van der Waals surface area contributed by atoms with E-state index in [2.05, 4.69) is 10.1 Å². The van der Waals surface area contributed by atoms with E-state index in [0.29, 0.717) is 39.7 Å². The largest absolute Gasteiger partial charge is 0.479 e. The van der Waals surface area contributed by atoms with Crippen molar-refractivity contribution in [1.82, 2.24) is 10.1 Å². The molecular formula is C24H20Cl2N2O5. The van der Waals surface area contributed by atoms with Gasteiger partial charge in [0.05, 0.1) is 16.1 Å². The Hall–Kier alpha value is -3.29. The molecule has 0 radical (unpaired) electrons. The lowest BCUT2D eigenvalue weighted by molar-refractivity contribution is -0.144. The van der Waals surface area contributed by atoms with Gasteiger partial charge in [-0.1, -0.05) is 41.7 Å². The molecule has 0 aliphatic carbocycles. The Labute approximate surface area is 199 Å². The molecule has 170 valence electrons. The molecule has 1 atom stereocenters. The first-order chi connectivity index (χ1) is 15.9. The molecule has 4 aromatic rings. The number of pyridine rings is 1. The molecule has 1 N–H and O–H groups in total. The SMILES string of the molecule is CCCc1nc(Oc2ccc(Cl)cc2)ccc1-c1noc2ccc(O[C@@H](C)C(=O)O)c(Cl)c12. The monoisotopic (exact) mass is 486 g/mol. The number of carboxylic acids is 1. The molecule has 0 aliphatic heterocycles. The maximum absolute atomic E-state index is 11.2. The average molecular weight is 487 g/mol. The number of nitrogens with zero attached hydrogens (tertiary/aromatic N) is 2. The second kappa shape index (κ2) is 9.68. The minimum absolute atomic E-state index is 0.223. The van der Waals surface area contributed by atoms with Gasteiger partial charge in [0.15, 0.2) is 11.7 Å². The van der Waals surface area contributed by atoms with Crippen LogP contribution in [0.2, 0.25) is 10.0 Å². The van der Waals surface area contributed by atoms with Crippen LogP contribution in [-0.4, -0.2) is 27.3 Å². The van der Waals surface area contributed by atoms with Gasteiger partial charge in [-0.05, 0) is 55.8 Å². The van der Waals surface area contributed by atoms with Crippen molar-refractivity contribution < 1.29 is 23.9 Å². The molecule has 0 saturated carbocycles. The van der Waals surface area contributed by atoms with Crippen LogP contribution in [0.3, 0.4) is 0 Å². The summed E-state index contributed by atoms with van der Waals surface area (Å²) in [5.74, 6) is 0.188. The first-order valence-corrected chi connectivity index (χ1v) is 11.0. The molecule has 0 saturated heterocycles. The van der Waals surface area contributed by atoms with E-state index in [1.165, 1.54) is 6.92 Å². The molecular weight excluding hydrogens is 467 g/mol. The van der Waals surface area contributed by atoms with Gasteiger partial charge in [0, 0.05) is 16.7 Å². The molecule has 0 spiro atoms. The van der Waals surface area contributed by atoms with Crippen LogP contribution in [0.15, 0.2) is 53.1 Å². The summed E-state index contributed by atoms with van der Waals surface area (Å²) in [6.45, 7) is 3.48. The molecule has 33 heavy (non-hydrogen) atoms. The van der Waals surface area contributed by atoms with Gasteiger partial charge < -0.3 is 19.1 Å². The molecule has 0 bridgehead atoms. The summed E-state index contributed by atoms with van der Waals surface area (Å²) >= 11 is 12.5. The van der Waals surface area contributed by atoms with E-state index < -0.39 is 12.1 Å². The third kappa shape index (κ3) is 4.89. The lowest BCUT2D eigenvalue weighted by atomic mass is 10.0. The number of carbonyl (C=O) groups is 1. The van der Waals surface area contributed by atoms with E-state index in [1.54, 1.807) is 42.5 Å². The summed E-state index contributed by atoms with van der Waals surface area (Å²) in [4.78, 5) is 15.9. The fourth-order valence-corrected chi connectivity index (χ4v) is 3.71. The summed E-state index contributed by atoms with van der Waals surface area (Å²) in [5, 5.41) is 14.7. The van der Waals surface area contributed by atoms with Crippen LogP contribution in [0.5, 0.6) is 17.4 Å². The smallest absolute Gasteiger partial charge is 0.344 e. The van der Waals surface area contributed by atoms with E-state index in [1.807, 2.05) is 13.0 Å². The Balaban J connectivity index is 1.74. The predicted octanol–water partition coefficient (Wildman–Crippen LogP) is 6.79. The van der Waals surface area contributed by atoms with Crippen LogP contribution < -0.4 is 9.47 Å². The number of aromatic nitrogens is 2. The quantitative estimate of drug-likeness (QED) is 0.292. The number of aryl methyl sites for hydroxylation is 1. The number of ether oxygens (including phenoxy) is 2. The lowest BCUT2D eigenvalue weighted by Gasteiger charge is -2.13. The van der Waals surface area contributed by atoms with Crippen LogP contribution in [0, 0.1) is 0 Å². The molecule has 9 heteroatoms. The van der Waals surface area contributed by atoms with Crippen molar-refractivity contribution in [2.75, 3.05) is 0 Å². The fraction of sp³-hybridized carbons (Fsp3) is 0.208. The summed E-state index contributed by atoms with van der Waals surface area (Å²) in [5.41, 5.74) is 2.46. The molecule has 4 rings (SSSR count). The van der Waals surface area contributed by atoms with Crippen molar-refractivity contribution in [1.29, 1.82) is 0 Å². The van der Waals surface area contributed by atoms with Gasteiger partial charge in [-0.25, -0.2) is 9.78 Å². The average Bonchev–Trinajstić information content (AvgIpc) is 3.22. The number of hydrogen-bond acceptors (Lipinski definition) is 6. The van der Waals surface area contributed by atoms with Crippen molar-refractivity contribution >= 4 is 40.1 Å². The van der Waals surface area contributed by atoms with E-state index in [9.17, 15) is 4.79 Å². The molecule has 2 aromatic carbocycles. The van der Waals surface area contributed by atoms with Gasteiger partial charge in [0.2, 0.25) is 5.88 Å². The zero-order valence-corrected chi connectivity index (χ0v) is 19.4. The number of carboxylic acid groups (broad SMARTS) is 1. The van der Waals surface area contributed by atoms with Crippen LogP contribution >= 0.6 is 23.2 Å². The van der Waals surface area contributed by atoms with Crippen molar-refractivity contribution in [3.63, 3.8) is 0 Å². The highest BCUT2D eigenvalue weighted by atomic mass is 35.5. The van der Waals surface area contributed by atoms with Gasteiger partial charge in [-0.2, -0.15) is 0 Å². The van der Waals surface area contributed by atoms with Crippen molar-refractivity contribution in [2.45, 2.75) is 32.8 Å². The Morgan fingerprint density at radius 1 is 1.12 bits per heavy atom. The van der Waals surface area contributed by atoms with Gasteiger partial charge >= 0.3 is 5.97 Å². The van der Waals surface area contributed by atoms with E-state index in [4.69, 9.17) is 42.3 Å². The van der Waals surface area contributed by atoms with E-state index in [-0.39, 0.29) is 10.8 Å². The summed E-state index contributed by atoms with van der Waals surface area (Å²) in [6.07, 6.45) is 0.453. The molecule has 0 fully saturated rings. The first kappa shape index (κ1) is 22.9. The molecule has 0 amide bonds. The topological polar surface area (TPSA) is 94.7 Å². The van der Waals surface area contributed by atoms with Gasteiger partial charge in [0.1, 0.15) is 17.2 Å². The standard InChI is InChI=1S/C24H20Cl2N2O5/c1-3-4-17-16(9-12-20(27-17)32-15-7-5-14(25)6-8-15)23-21-18(33-28-23)10-11-19(22(21)26)31-13(2)24(29)30/h5-13H,3-4H2,1-2H3,(H,29,30)/t13-/m0/s1. The van der Waals surface area contributed by atoms with Crippen molar-refractivity contribution in [3.05, 3.63) is 64.3 Å². The summed E-state index contributed by atoms with van der Waals surface area (Å²) in [7, 11) is 0. The number of fused-ring (bicyclic) bond motifs is 1. The number of hydrogen-bond donors (Lipinski definition) is 1. The van der Waals surface area contributed by atoms with Crippen LogP contribution in [0.25, 0.3) is 22.2 Å². The second-order valence-electron chi connectivity index (χ2n) is 7.33. The zero-order chi connectivity index (χ0) is 23.5. The normalized spacial score (nSPS) is 12.0. The maximum Gasteiger partial charge on any atom is 0.344 e. The van der Waals surface area contributed by atoms with Gasteiger partial charge in [-0.15, -0.1) is 0 Å². The highest BCUT2D eigenvalue weighted by molar-refractivity contribution is 6.37. The van der Waals surface area contributed by atoms with E-state index >= 15 is 0 Å². The molecule has 2 heterocycles. The Morgan fingerprint density at radius 2 is 1.88 bits per heavy atom. The minimum atomic E-state index is -1.09. The molecule has 7 nitrogen and oxygen atoms in total. The molecule has 2 aromatic heterocycles. The number of halogens is 2. The highest BCUT2D eigenvalue weighted by Gasteiger charge is 2.22. The fourth-order valence-electron chi connectivity index (χ4n) is 3.30. The zero-order valence-electron chi connectivity index (χ0n) is 17.8. The Morgan fingerprint density at radius 3 is 2.58 bits per heavy atom. The minimum Gasteiger partial charge on any atom is -0.479 e. The number of benzene rings is 2. The molecule has 0 aliphatic rings. The second-order valence-corrected chi connectivity index (χ2v) is 8.14. The highest BCUT2D eigenvalue weighted by Crippen LogP contribution is 2.40. The van der Waals surface area contributed by atoms with Crippen LogP contribution in [-0.2, 0) is 11.2 Å².